The van der Waals surface area contributed by atoms with E-state index in [1.807, 2.05) is 61.1 Å². The molecule has 1 atom stereocenters. The second-order valence-electron chi connectivity index (χ2n) is 8.38. The molecule has 174 valence electrons. The van der Waals surface area contributed by atoms with E-state index in [9.17, 15) is 4.79 Å². The maximum absolute atomic E-state index is 12.6. The van der Waals surface area contributed by atoms with Crippen molar-refractivity contribution in [2.75, 3.05) is 17.2 Å². The molecule has 0 saturated heterocycles. The van der Waals surface area contributed by atoms with Crippen molar-refractivity contribution in [3.63, 3.8) is 0 Å². The molecule has 1 amide bonds. The van der Waals surface area contributed by atoms with Gasteiger partial charge < -0.3 is 15.4 Å². The van der Waals surface area contributed by atoms with E-state index in [-0.39, 0.29) is 18.4 Å². The monoisotopic (exact) mass is 457 g/mol. The predicted octanol–water partition coefficient (Wildman–Crippen LogP) is 3.92. The molecule has 34 heavy (non-hydrogen) atoms. The maximum Gasteiger partial charge on any atom is 0.230 e. The summed E-state index contributed by atoms with van der Waals surface area (Å²) in [5.74, 6) is 1.18. The number of carbonyl (C=O) groups excluding carboxylic acids is 1. The number of nitrogens with one attached hydrogen (secondary N) is 2. The summed E-state index contributed by atoms with van der Waals surface area (Å²) in [7, 11) is 0. The van der Waals surface area contributed by atoms with Gasteiger partial charge in [-0.25, -0.2) is 15.0 Å². The Kier molecular flexibility index (Phi) is 6.07. The van der Waals surface area contributed by atoms with Crippen molar-refractivity contribution in [2.24, 2.45) is 0 Å². The number of nitrogens with zero attached hydrogens (tertiary/aromatic N) is 5. The van der Waals surface area contributed by atoms with Crippen LogP contribution in [0, 0.1) is 0 Å². The minimum atomic E-state index is -0.121. The van der Waals surface area contributed by atoms with E-state index in [0.29, 0.717) is 29.6 Å². The molecule has 0 saturated carbocycles. The molecule has 0 unspecified atom stereocenters. The number of aromatic nitrogens is 5. The first-order chi connectivity index (χ1) is 16.6. The molecule has 4 heterocycles. The minimum absolute atomic E-state index is 0.0451. The van der Waals surface area contributed by atoms with Crippen LogP contribution in [0.2, 0.25) is 0 Å². The van der Waals surface area contributed by atoms with Crippen LogP contribution in [0.1, 0.15) is 43.1 Å². The summed E-state index contributed by atoms with van der Waals surface area (Å²) in [6.45, 7) is 5.51. The molecule has 1 aromatic carbocycles. The largest absolute Gasteiger partial charge is 0.477 e. The van der Waals surface area contributed by atoms with Gasteiger partial charge in [-0.2, -0.15) is 5.10 Å². The van der Waals surface area contributed by atoms with Crippen molar-refractivity contribution in [1.29, 1.82) is 0 Å². The van der Waals surface area contributed by atoms with Crippen LogP contribution < -0.4 is 15.4 Å². The van der Waals surface area contributed by atoms with Crippen LogP contribution in [-0.2, 0) is 24.2 Å². The lowest BCUT2D eigenvalue weighted by Gasteiger charge is -2.17. The Morgan fingerprint density at radius 2 is 2.15 bits per heavy atom. The number of pyridine rings is 1. The van der Waals surface area contributed by atoms with Gasteiger partial charge in [-0.3, -0.25) is 9.48 Å². The van der Waals surface area contributed by atoms with Crippen LogP contribution in [0.15, 0.2) is 48.8 Å². The van der Waals surface area contributed by atoms with Gasteiger partial charge in [0, 0.05) is 17.8 Å². The van der Waals surface area contributed by atoms with E-state index in [2.05, 4.69) is 30.7 Å². The molecule has 9 heteroatoms. The van der Waals surface area contributed by atoms with E-state index >= 15 is 0 Å². The summed E-state index contributed by atoms with van der Waals surface area (Å²) >= 11 is 0. The highest BCUT2D eigenvalue weighted by Gasteiger charge is 2.15. The average molecular weight is 458 g/mol. The normalized spacial score (nSPS) is 13.7. The topological polar surface area (TPSA) is 107 Å². The van der Waals surface area contributed by atoms with E-state index in [4.69, 9.17) is 4.74 Å². The molecule has 0 spiro atoms. The number of anilines is 2. The Labute approximate surface area is 197 Å². The van der Waals surface area contributed by atoms with Gasteiger partial charge in [0.1, 0.15) is 11.3 Å². The number of fused-ring (bicyclic) bond motifs is 2. The van der Waals surface area contributed by atoms with Gasteiger partial charge in [-0.15, -0.1) is 0 Å². The second kappa shape index (κ2) is 9.46. The van der Waals surface area contributed by atoms with Crippen LogP contribution >= 0.6 is 0 Å². The standard InChI is InChI=1S/C25H27N7O2/c1-3-32-15-21-24(31-32)30-22(14-26-21)27-16(2)18-6-4-8-19(12-18)28-23(33)13-20-10-9-17-7-5-11-34-25(17)29-20/h4,6,8-10,12,14-16H,3,5,7,11,13H2,1-2H3,(H,28,33)(H,27,30,31)/t16-/m0/s1. The highest BCUT2D eigenvalue weighted by molar-refractivity contribution is 5.92. The van der Waals surface area contributed by atoms with Crippen LogP contribution in [0.5, 0.6) is 5.88 Å². The second-order valence-corrected chi connectivity index (χ2v) is 8.38. The minimum Gasteiger partial charge on any atom is -0.477 e. The first-order valence-corrected chi connectivity index (χ1v) is 11.6. The van der Waals surface area contributed by atoms with Crippen LogP contribution in [0.25, 0.3) is 11.2 Å². The van der Waals surface area contributed by atoms with Crippen molar-refractivity contribution in [3.8, 4) is 5.88 Å². The number of ether oxygens (including phenoxy) is 1. The highest BCUT2D eigenvalue weighted by Crippen LogP contribution is 2.24. The fourth-order valence-electron chi connectivity index (χ4n) is 3.99. The molecular weight excluding hydrogens is 430 g/mol. The summed E-state index contributed by atoms with van der Waals surface area (Å²) < 4.78 is 7.44. The zero-order valence-electron chi connectivity index (χ0n) is 19.3. The fourth-order valence-corrected chi connectivity index (χ4v) is 3.99. The Hall–Kier alpha value is -4.01. The average Bonchev–Trinajstić information content (AvgIpc) is 3.26. The summed E-state index contributed by atoms with van der Waals surface area (Å²) in [4.78, 5) is 26.1. The van der Waals surface area contributed by atoms with Crippen LogP contribution in [0.3, 0.4) is 0 Å². The number of rotatable bonds is 7. The van der Waals surface area contributed by atoms with Gasteiger partial charge in [0.05, 0.1) is 37.2 Å². The zero-order chi connectivity index (χ0) is 23.5. The SMILES string of the molecule is CCn1cc2ncc(N[C@@H](C)c3cccc(NC(=O)Cc4ccc5c(n4)OCCC5)c3)nc2n1. The van der Waals surface area contributed by atoms with E-state index in [1.165, 1.54) is 0 Å². The molecule has 9 nitrogen and oxygen atoms in total. The molecule has 4 aromatic rings. The molecule has 5 rings (SSSR count). The number of benzene rings is 1. The van der Waals surface area contributed by atoms with E-state index in [0.717, 1.165) is 41.7 Å². The molecule has 0 fully saturated rings. The smallest absolute Gasteiger partial charge is 0.230 e. The molecule has 0 aliphatic carbocycles. The molecule has 1 aliphatic rings. The van der Waals surface area contributed by atoms with Gasteiger partial charge in [0.15, 0.2) is 0 Å². The number of aryl methyl sites for hydroxylation is 2. The molecule has 1 aliphatic heterocycles. The summed E-state index contributed by atoms with van der Waals surface area (Å²) in [5.41, 5.74) is 4.93. The van der Waals surface area contributed by atoms with Crippen LogP contribution in [0.4, 0.5) is 11.5 Å². The predicted molar refractivity (Wildman–Crippen MR) is 130 cm³/mol. The maximum atomic E-state index is 12.6. The quantitative estimate of drug-likeness (QED) is 0.433. The summed E-state index contributed by atoms with van der Waals surface area (Å²) in [6.07, 6.45) is 5.75. The number of hydrogen-bond donors (Lipinski definition) is 2. The number of amides is 1. The van der Waals surface area contributed by atoms with E-state index in [1.54, 1.807) is 6.20 Å². The van der Waals surface area contributed by atoms with Crippen molar-refractivity contribution in [1.82, 2.24) is 24.7 Å². The third-order valence-electron chi connectivity index (χ3n) is 5.80. The Bertz CT molecular complexity index is 1330. The summed E-state index contributed by atoms with van der Waals surface area (Å²) in [6, 6.07) is 11.6. The lowest BCUT2D eigenvalue weighted by atomic mass is 10.1. The van der Waals surface area contributed by atoms with E-state index < -0.39 is 0 Å². The third kappa shape index (κ3) is 4.83. The number of hydrogen-bond acceptors (Lipinski definition) is 7. The van der Waals surface area contributed by atoms with Gasteiger partial charge >= 0.3 is 0 Å². The molecular formula is C25H27N7O2. The number of carbonyl (C=O) groups is 1. The molecule has 0 radical (unpaired) electrons. The van der Waals surface area contributed by atoms with Crippen molar-refractivity contribution < 1.29 is 9.53 Å². The van der Waals surface area contributed by atoms with Crippen LogP contribution in [-0.4, -0.2) is 37.2 Å². The van der Waals surface area contributed by atoms with Gasteiger partial charge in [-0.1, -0.05) is 18.2 Å². The zero-order valence-corrected chi connectivity index (χ0v) is 19.3. The lowest BCUT2D eigenvalue weighted by Crippen LogP contribution is -2.17. The van der Waals surface area contributed by atoms with Gasteiger partial charge in [-0.05, 0) is 50.5 Å². The summed E-state index contributed by atoms with van der Waals surface area (Å²) in [5, 5.41) is 10.8. The first-order valence-electron chi connectivity index (χ1n) is 11.6. The Morgan fingerprint density at radius 3 is 3.03 bits per heavy atom. The molecule has 0 bridgehead atoms. The Balaban J connectivity index is 1.23. The van der Waals surface area contributed by atoms with Gasteiger partial charge in [0.2, 0.25) is 17.4 Å². The molecule has 2 N–H and O–H groups in total. The van der Waals surface area contributed by atoms with Crippen molar-refractivity contribution >= 4 is 28.6 Å². The highest BCUT2D eigenvalue weighted by atomic mass is 16.5. The lowest BCUT2D eigenvalue weighted by molar-refractivity contribution is -0.115. The Morgan fingerprint density at radius 1 is 1.24 bits per heavy atom. The van der Waals surface area contributed by atoms with Crippen molar-refractivity contribution in [2.45, 2.75) is 45.7 Å². The molecule has 3 aromatic heterocycles. The van der Waals surface area contributed by atoms with Crippen molar-refractivity contribution in [3.05, 3.63) is 65.6 Å². The fraction of sp³-hybridized carbons (Fsp3) is 0.320. The third-order valence-corrected chi connectivity index (χ3v) is 5.80. The first kappa shape index (κ1) is 21.8. The van der Waals surface area contributed by atoms with Gasteiger partial charge in [0.25, 0.3) is 0 Å².